The van der Waals surface area contributed by atoms with Crippen molar-refractivity contribution in [3.8, 4) is 22.9 Å². The van der Waals surface area contributed by atoms with Gasteiger partial charge in [-0.05, 0) is 13.0 Å². The highest BCUT2D eigenvalue weighted by molar-refractivity contribution is 5.83. The Morgan fingerprint density at radius 1 is 1.38 bits per heavy atom. The summed E-state index contributed by atoms with van der Waals surface area (Å²) in [5.41, 5.74) is 8.55. The molecule has 150 valence electrons. The Kier molecular flexibility index (Phi) is 5.83. The molecule has 0 unspecified atom stereocenters. The van der Waals surface area contributed by atoms with Crippen molar-refractivity contribution in [3.05, 3.63) is 41.1 Å². The zero-order valence-electron chi connectivity index (χ0n) is 15.8. The maximum Gasteiger partial charge on any atom is 0.410 e. The number of pyridine rings is 1. The van der Waals surface area contributed by atoms with E-state index < -0.39 is 18.7 Å². The highest BCUT2D eigenvalue weighted by atomic mass is 16.6. The fourth-order valence-corrected chi connectivity index (χ4v) is 3.30. The number of nitriles is 1. The fourth-order valence-electron chi connectivity index (χ4n) is 3.30. The molecule has 29 heavy (non-hydrogen) atoms. The zero-order chi connectivity index (χ0) is 21.0. The fraction of sp³-hybridized carbons (Fsp3) is 0.300. The molecular weight excluding hydrogens is 376 g/mol. The minimum atomic E-state index is -1.12. The number of carboxylic acid groups (broad SMARTS) is 1. The molecule has 1 aliphatic heterocycles. The quantitative estimate of drug-likeness (QED) is 0.784. The van der Waals surface area contributed by atoms with Gasteiger partial charge in [-0.2, -0.15) is 5.26 Å². The van der Waals surface area contributed by atoms with Gasteiger partial charge in [0, 0.05) is 29.7 Å². The lowest BCUT2D eigenvalue weighted by Crippen LogP contribution is -2.37. The summed E-state index contributed by atoms with van der Waals surface area (Å²) >= 11 is 0. The van der Waals surface area contributed by atoms with Gasteiger partial charge in [-0.15, -0.1) is 0 Å². The molecule has 0 atom stereocenters. The molecular formula is C20H20N4O5. The van der Waals surface area contributed by atoms with E-state index in [1.165, 1.54) is 4.90 Å². The first-order valence-electron chi connectivity index (χ1n) is 9.03. The molecule has 0 saturated carbocycles. The first-order valence-corrected chi connectivity index (χ1v) is 9.03. The van der Waals surface area contributed by atoms with E-state index in [0.29, 0.717) is 41.1 Å². The van der Waals surface area contributed by atoms with Crippen LogP contribution in [0.25, 0.3) is 11.1 Å². The van der Waals surface area contributed by atoms with E-state index in [4.69, 9.17) is 20.3 Å². The van der Waals surface area contributed by atoms with Crippen LogP contribution in [-0.4, -0.2) is 46.8 Å². The molecule has 1 amide bonds. The van der Waals surface area contributed by atoms with Gasteiger partial charge in [-0.25, -0.2) is 14.6 Å². The number of aliphatic carboxylic acids is 1. The first kappa shape index (κ1) is 19.9. The summed E-state index contributed by atoms with van der Waals surface area (Å²) in [6.07, 6.45) is 0.00436. The minimum absolute atomic E-state index is 0.0823. The molecule has 1 aromatic carbocycles. The summed E-state index contributed by atoms with van der Waals surface area (Å²) in [7, 11) is 0. The Labute approximate surface area is 167 Å². The van der Waals surface area contributed by atoms with Gasteiger partial charge in [0.25, 0.3) is 0 Å². The number of benzene rings is 1. The van der Waals surface area contributed by atoms with E-state index in [-0.39, 0.29) is 24.5 Å². The van der Waals surface area contributed by atoms with Crippen molar-refractivity contribution >= 4 is 17.9 Å². The topological polar surface area (TPSA) is 139 Å². The van der Waals surface area contributed by atoms with E-state index in [1.54, 1.807) is 31.2 Å². The van der Waals surface area contributed by atoms with Gasteiger partial charge in [0.1, 0.15) is 23.2 Å². The Balaban J connectivity index is 2.15. The third-order valence-electron chi connectivity index (χ3n) is 4.52. The van der Waals surface area contributed by atoms with Crippen LogP contribution in [-0.2, 0) is 22.5 Å². The Morgan fingerprint density at radius 3 is 2.83 bits per heavy atom. The summed E-state index contributed by atoms with van der Waals surface area (Å²) in [6.45, 7) is 2.06. The van der Waals surface area contributed by atoms with Crippen LogP contribution in [0.2, 0.25) is 0 Å². The summed E-state index contributed by atoms with van der Waals surface area (Å²) in [6, 6.07) is 8.87. The average molecular weight is 396 g/mol. The average Bonchev–Trinajstić information content (AvgIpc) is 2.71. The molecule has 3 rings (SSSR count). The molecule has 0 aliphatic carbocycles. The smallest absolute Gasteiger partial charge is 0.410 e. The van der Waals surface area contributed by atoms with Gasteiger partial charge in [-0.1, -0.05) is 18.2 Å². The summed E-state index contributed by atoms with van der Waals surface area (Å²) in [5, 5.41) is 18.7. The Morgan fingerprint density at radius 2 is 2.14 bits per heavy atom. The van der Waals surface area contributed by atoms with E-state index in [1.807, 2.05) is 0 Å². The Bertz CT molecular complexity index is 999. The van der Waals surface area contributed by atoms with Crippen molar-refractivity contribution in [2.45, 2.75) is 19.9 Å². The van der Waals surface area contributed by atoms with Gasteiger partial charge in [0.2, 0.25) is 0 Å². The van der Waals surface area contributed by atoms with E-state index >= 15 is 0 Å². The molecule has 2 aromatic rings. The number of nitrogen functional groups attached to an aromatic ring is 1. The van der Waals surface area contributed by atoms with Gasteiger partial charge in [0.15, 0.2) is 6.61 Å². The Hall–Kier alpha value is -3.80. The molecule has 1 aromatic heterocycles. The highest BCUT2D eigenvalue weighted by Gasteiger charge is 2.29. The number of nitrogens with two attached hydrogens (primary N) is 1. The molecule has 0 radical (unpaired) electrons. The molecule has 9 nitrogen and oxygen atoms in total. The SMILES string of the molecule is CCOC(=O)N1CCc2nc(N)c(C#N)c(-c3ccccc3OCC(=O)O)c2C1. The number of rotatable bonds is 5. The third kappa shape index (κ3) is 4.06. The van der Waals surface area contributed by atoms with Crippen LogP contribution in [0.5, 0.6) is 5.75 Å². The molecule has 0 spiro atoms. The highest BCUT2D eigenvalue weighted by Crippen LogP contribution is 2.39. The molecule has 3 N–H and O–H groups in total. The van der Waals surface area contributed by atoms with E-state index in [9.17, 15) is 14.9 Å². The number of para-hydroxylation sites is 1. The molecule has 0 saturated heterocycles. The lowest BCUT2D eigenvalue weighted by molar-refractivity contribution is -0.139. The third-order valence-corrected chi connectivity index (χ3v) is 4.52. The van der Waals surface area contributed by atoms with Crippen molar-refractivity contribution in [2.75, 3.05) is 25.5 Å². The lowest BCUT2D eigenvalue weighted by Gasteiger charge is -2.30. The number of hydrogen-bond acceptors (Lipinski definition) is 7. The summed E-state index contributed by atoms with van der Waals surface area (Å²) in [5.74, 6) is -0.739. The van der Waals surface area contributed by atoms with Crippen LogP contribution in [0.4, 0.5) is 10.6 Å². The van der Waals surface area contributed by atoms with Gasteiger partial charge in [0.05, 0.1) is 18.8 Å². The maximum absolute atomic E-state index is 12.2. The number of amides is 1. The largest absolute Gasteiger partial charge is 0.481 e. The predicted molar refractivity (Wildman–Crippen MR) is 103 cm³/mol. The zero-order valence-corrected chi connectivity index (χ0v) is 15.8. The number of hydrogen-bond donors (Lipinski definition) is 2. The second-order valence-electron chi connectivity index (χ2n) is 6.33. The van der Waals surface area contributed by atoms with Crippen molar-refractivity contribution in [3.63, 3.8) is 0 Å². The number of ether oxygens (including phenoxy) is 2. The molecule has 2 heterocycles. The van der Waals surface area contributed by atoms with Crippen LogP contribution in [0.3, 0.4) is 0 Å². The maximum atomic E-state index is 12.2. The van der Waals surface area contributed by atoms with E-state index in [0.717, 1.165) is 0 Å². The lowest BCUT2D eigenvalue weighted by atomic mass is 9.90. The standard InChI is InChI=1S/C20H20N4O5/c1-2-28-20(27)24-8-7-15-14(10-24)18(13(9-21)19(22)23-15)12-5-3-4-6-16(12)29-11-17(25)26/h3-6H,2,7-8,10-11H2,1H3,(H2,22,23)(H,25,26). The molecule has 0 bridgehead atoms. The van der Waals surface area contributed by atoms with Gasteiger partial charge in [-0.3, -0.25) is 0 Å². The van der Waals surface area contributed by atoms with Crippen molar-refractivity contribution in [1.82, 2.24) is 9.88 Å². The van der Waals surface area contributed by atoms with Crippen LogP contribution >= 0.6 is 0 Å². The number of aromatic nitrogens is 1. The van der Waals surface area contributed by atoms with Crippen molar-refractivity contribution < 1.29 is 24.2 Å². The van der Waals surface area contributed by atoms with Crippen molar-refractivity contribution in [2.24, 2.45) is 0 Å². The van der Waals surface area contributed by atoms with Gasteiger partial charge >= 0.3 is 12.1 Å². The second-order valence-corrected chi connectivity index (χ2v) is 6.33. The number of nitrogens with zero attached hydrogens (tertiary/aromatic N) is 3. The number of carbonyl (C=O) groups is 2. The minimum Gasteiger partial charge on any atom is -0.481 e. The van der Waals surface area contributed by atoms with E-state index in [2.05, 4.69) is 11.1 Å². The monoisotopic (exact) mass is 396 g/mol. The predicted octanol–water partition coefficient (Wildman–Crippen LogP) is 2.18. The summed E-state index contributed by atoms with van der Waals surface area (Å²) in [4.78, 5) is 29.1. The number of carbonyl (C=O) groups excluding carboxylic acids is 1. The van der Waals surface area contributed by atoms with Crippen LogP contribution in [0, 0.1) is 11.3 Å². The second kappa shape index (κ2) is 8.48. The molecule has 0 fully saturated rings. The number of fused-ring (bicyclic) bond motifs is 1. The number of carboxylic acids is 1. The number of anilines is 1. The summed E-state index contributed by atoms with van der Waals surface area (Å²) < 4.78 is 10.5. The molecule has 9 heteroatoms. The van der Waals surface area contributed by atoms with Crippen LogP contribution in [0.1, 0.15) is 23.7 Å². The van der Waals surface area contributed by atoms with Gasteiger partial charge < -0.3 is 25.2 Å². The van der Waals surface area contributed by atoms with Crippen molar-refractivity contribution in [1.29, 1.82) is 5.26 Å². The van der Waals surface area contributed by atoms with Crippen LogP contribution in [0.15, 0.2) is 24.3 Å². The molecule has 1 aliphatic rings. The van der Waals surface area contributed by atoms with Crippen LogP contribution < -0.4 is 10.5 Å². The first-order chi connectivity index (χ1) is 14.0. The normalized spacial score (nSPS) is 12.6.